The molecule has 0 radical (unpaired) electrons. The van der Waals surface area contributed by atoms with Crippen molar-refractivity contribution in [3.05, 3.63) is 62.8 Å². The molecule has 2 aromatic heterocycles. The zero-order valence-electron chi connectivity index (χ0n) is 13.5. The summed E-state index contributed by atoms with van der Waals surface area (Å²) >= 11 is 6.96. The van der Waals surface area contributed by atoms with E-state index < -0.39 is 0 Å². The zero-order chi connectivity index (χ0) is 16.8. The molecule has 0 spiro atoms. The molecule has 0 atom stereocenters. The molecule has 7 heteroatoms. The first-order valence-electron chi connectivity index (χ1n) is 7.90. The molecule has 0 saturated heterocycles. The highest BCUT2D eigenvalue weighted by atomic mass is 32.1. The average Bonchev–Trinajstić information content (AvgIpc) is 3.23. The second kappa shape index (κ2) is 8.12. The van der Waals surface area contributed by atoms with Gasteiger partial charge in [-0.3, -0.25) is 5.10 Å². The lowest BCUT2D eigenvalue weighted by atomic mass is 10.2. The topological polar surface area (TPSA) is 54.9 Å². The first-order chi connectivity index (χ1) is 11.8. The Hall–Kier alpha value is -2.12. The highest BCUT2D eigenvalue weighted by Gasteiger charge is 2.05. The van der Waals surface area contributed by atoms with E-state index in [4.69, 9.17) is 17.0 Å². The Morgan fingerprint density at radius 2 is 2.12 bits per heavy atom. The van der Waals surface area contributed by atoms with E-state index in [0.717, 1.165) is 30.0 Å². The summed E-state index contributed by atoms with van der Waals surface area (Å²) in [6, 6.07) is 12.2. The van der Waals surface area contributed by atoms with Crippen LogP contribution in [0.1, 0.15) is 29.6 Å². The van der Waals surface area contributed by atoms with Crippen LogP contribution in [0.2, 0.25) is 0 Å². The average molecular weight is 361 g/mol. The normalized spacial score (nSPS) is 10.7. The molecule has 0 fully saturated rings. The number of rotatable bonds is 8. The molecule has 0 unspecified atom stereocenters. The van der Waals surface area contributed by atoms with Gasteiger partial charge in [0.05, 0.1) is 6.54 Å². The van der Waals surface area contributed by atoms with Gasteiger partial charge >= 0.3 is 0 Å². The van der Waals surface area contributed by atoms with E-state index in [-0.39, 0.29) is 0 Å². The number of nitrogens with zero attached hydrogens (tertiary/aromatic N) is 2. The largest absolute Gasteiger partial charge is 0.488 e. The Bertz CT molecular complexity index is 806. The molecule has 2 N–H and O–H groups in total. The van der Waals surface area contributed by atoms with Crippen LogP contribution in [0.3, 0.4) is 0 Å². The summed E-state index contributed by atoms with van der Waals surface area (Å²) < 4.78 is 8.22. The maximum absolute atomic E-state index is 5.78. The lowest BCUT2D eigenvalue weighted by Crippen LogP contribution is -2.17. The van der Waals surface area contributed by atoms with Crippen LogP contribution >= 0.6 is 23.6 Å². The van der Waals surface area contributed by atoms with Gasteiger partial charge in [0.2, 0.25) is 4.77 Å². The second-order valence-corrected chi connectivity index (χ2v) is 6.80. The van der Waals surface area contributed by atoms with Gasteiger partial charge in [0.25, 0.3) is 0 Å². The predicted octanol–water partition coefficient (Wildman–Crippen LogP) is 4.28. The number of benzene rings is 1. The molecular formula is C17H20N4OS2. The number of aryl methyl sites for hydroxylation is 1. The van der Waals surface area contributed by atoms with Crippen LogP contribution in [0.25, 0.3) is 0 Å². The fourth-order valence-corrected chi connectivity index (χ4v) is 3.14. The molecule has 2 heterocycles. The first kappa shape index (κ1) is 16.7. The maximum Gasteiger partial charge on any atom is 0.214 e. The maximum atomic E-state index is 5.78. The van der Waals surface area contributed by atoms with Gasteiger partial charge in [-0.1, -0.05) is 25.1 Å². The van der Waals surface area contributed by atoms with Crippen LogP contribution in [0.5, 0.6) is 5.75 Å². The van der Waals surface area contributed by atoms with Gasteiger partial charge < -0.3 is 10.2 Å². The summed E-state index contributed by atoms with van der Waals surface area (Å²) in [6.07, 6.45) is 1.91. The molecular weight excluding hydrogens is 340 g/mol. The summed E-state index contributed by atoms with van der Waals surface area (Å²) in [5, 5.41) is 9.13. The van der Waals surface area contributed by atoms with E-state index in [2.05, 4.69) is 46.1 Å². The minimum absolute atomic E-state index is 0.592. The molecule has 0 aliphatic heterocycles. The Kier molecular flexibility index (Phi) is 5.66. The molecule has 24 heavy (non-hydrogen) atoms. The van der Waals surface area contributed by atoms with E-state index in [1.165, 1.54) is 4.88 Å². The third kappa shape index (κ3) is 4.24. The van der Waals surface area contributed by atoms with Gasteiger partial charge in [-0.05, 0) is 47.8 Å². The molecule has 3 aromatic rings. The molecule has 5 nitrogen and oxygen atoms in total. The fraction of sp³-hybridized carbons (Fsp3) is 0.294. The van der Waals surface area contributed by atoms with Crippen LogP contribution in [0.4, 0.5) is 0 Å². The number of thiophene rings is 1. The number of aromatic amines is 1. The number of ether oxygens (including phenoxy) is 1. The number of hydrogen-bond donors (Lipinski definition) is 2. The van der Waals surface area contributed by atoms with Gasteiger partial charge in [-0.2, -0.15) is 5.10 Å². The summed E-state index contributed by atoms with van der Waals surface area (Å²) in [4.78, 5) is 1.22. The summed E-state index contributed by atoms with van der Waals surface area (Å²) in [7, 11) is 0. The van der Waals surface area contributed by atoms with Crippen LogP contribution in [0.15, 0.2) is 41.8 Å². The van der Waals surface area contributed by atoms with Gasteiger partial charge in [0, 0.05) is 11.3 Å². The van der Waals surface area contributed by atoms with Crippen molar-refractivity contribution in [1.82, 2.24) is 14.9 Å². The second-order valence-electron chi connectivity index (χ2n) is 5.38. The van der Waals surface area contributed by atoms with E-state index in [9.17, 15) is 0 Å². The van der Waals surface area contributed by atoms with Crippen LogP contribution in [-0.4, -0.2) is 14.9 Å². The number of H-pyrrole nitrogens is 1. The van der Waals surface area contributed by atoms with Crippen molar-refractivity contribution in [2.24, 2.45) is 0 Å². The van der Waals surface area contributed by atoms with Crippen molar-refractivity contribution in [3.63, 3.8) is 0 Å². The Morgan fingerprint density at radius 3 is 2.83 bits per heavy atom. The van der Waals surface area contributed by atoms with Crippen molar-refractivity contribution in [2.45, 2.75) is 32.9 Å². The molecule has 3 rings (SSSR count). The van der Waals surface area contributed by atoms with E-state index >= 15 is 0 Å². The lowest BCUT2D eigenvalue weighted by Gasteiger charge is -2.10. The lowest BCUT2D eigenvalue weighted by molar-refractivity contribution is 0.310. The van der Waals surface area contributed by atoms with Crippen LogP contribution in [-0.2, 0) is 19.6 Å². The molecule has 0 aliphatic rings. The van der Waals surface area contributed by atoms with E-state index in [1.54, 1.807) is 11.3 Å². The van der Waals surface area contributed by atoms with Crippen molar-refractivity contribution in [2.75, 3.05) is 5.43 Å². The molecule has 126 valence electrons. The van der Waals surface area contributed by atoms with Gasteiger partial charge in [0.1, 0.15) is 12.4 Å². The quantitative estimate of drug-likeness (QED) is 0.589. The fourth-order valence-electron chi connectivity index (χ4n) is 2.31. The van der Waals surface area contributed by atoms with Crippen molar-refractivity contribution in [1.29, 1.82) is 0 Å². The minimum atomic E-state index is 0.592. The number of nitrogens with one attached hydrogen (secondary N) is 2. The smallest absolute Gasteiger partial charge is 0.214 e. The van der Waals surface area contributed by atoms with E-state index in [1.807, 2.05) is 22.9 Å². The molecule has 0 aliphatic carbocycles. The van der Waals surface area contributed by atoms with Crippen molar-refractivity contribution < 1.29 is 4.74 Å². The van der Waals surface area contributed by atoms with Gasteiger partial charge in [0.15, 0.2) is 5.82 Å². The summed E-state index contributed by atoms with van der Waals surface area (Å²) in [5.41, 5.74) is 4.47. The van der Waals surface area contributed by atoms with Crippen LogP contribution in [0, 0.1) is 4.77 Å². The highest BCUT2D eigenvalue weighted by molar-refractivity contribution is 7.71. The minimum Gasteiger partial charge on any atom is -0.488 e. The first-order valence-corrected chi connectivity index (χ1v) is 9.19. The zero-order valence-corrected chi connectivity index (χ0v) is 15.1. The highest BCUT2D eigenvalue weighted by Crippen LogP contribution is 2.16. The Labute approximate surface area is 150 Å². The van der Waals surface area contributed by atoms with Gasteiger partial charge in [-0.25, -0.2) is 4.68 Å². The Morgan fingerprint density at radius 1 is 1.29 bits per heavy atom. The molecule has 1 aromatic carbocycles. The summed E-state index contributed by atoms with van der Waals surface area (Å²) in [6.45, 7) is 3.41. The number of hydrogen-bond acceptors (Lipinski definition) is 5. The van der Waals surface area contributed by atoms with Crippen molar-refractivity contribution >= 4 is 23.6 Å². The SMILES string of the molecule is CCCc1n[nH]c(=S)n1NCc1ccc(OCc2cccs2)cc1. The van der Waals surface area contributed by atoms with Gasteiger partial charge in [-0.15, -0.1) is 11.3 Å². The third-order valence-corrected chi connectivity index (χ3v) is 4.67. The summed E-state index contributed by atoms with van der Waals surface area (Å²) in [5.74, 6) is 1.80. The van der Waals surface area contributed by atoms with E-state index in [0.29, 0.717) is 17.9 Å². The standard InChI is InChI=1S/C17H20N4OS2/c1-2-4-16-19-20-17(23)21(16)18-11-13-6-8-14(9-7-13)22-12-15-5-3-10-24-15/h3,5-10,18H,2,4,11-12H2,1H3,(H,20,23). The molecule has 0 bridgehead atoms. The molecule has 0 saturated carbocycles. The molecule has 0 amide bonds. The van der Waals surface area contributed by atoms with Crippen molar-refractivity contribution in [3.8, 4) is 5.75 Å². The third-order valence-electron chi connectivity index (χ3n) is 3.54. The monoisotopic (exact) mass is 360 g/mol. The van der Waals surface area contributed by atoms with Crippen LogP contribution < -0.4 is 10.2 Å². The Balaban J connectivity index is 1.56. The predicted molar refractivity (Wildman–Crippen MR) is 99.6 cm³/mol. The number of aromatic nitrogens is 3.